The Morgan fingerprint density at radius 3 is 1.89 bits per heavy atom. The van der Waals surface area contributed by atoms with Gasteiger partial charge in [-0.1, -0.05) is 157 Å². The molecule has 0 nitrogen and oxygen atoms in total. The van der Waals surface area contributed by atoms with Gasteiger partial charge in [-0.25, -0.2) is 0 Å². The highest BCUT2D eigenvalue weighted by Gasteiger charge is 2.53. The van der Waals surface area contributed by atoms with Gasteiger partial charge in [0.15, 0.2) is 0 Å². The largest absolute Gasteiger partial charge is 0.0843 e. The van der Waals surface area contributed by atoms with Crippen molar-refractivity contribution in [2.24, 2.45) is 0 Å². The van der Waals surface area contributed by atoms with Crippen LogP contribution in [0.15, 0.2) is 86.5 Å². The highest BCUT2D eigenvalue weighted by atomic mass is 79.9. The molecule has 0 radical (unpaired) electrons. The van der Waals surface area contributed by atoms with Crippen molar-refractivity contribution in [3.05, 3.63) is 139 Å². The molecule has 0 fully saturated rings. The minimum atomic E-state index is -1.18. The van der Waals surface area contributed by atoms with Crippen LogP contribution in [-0.2, 0) is 5.41 Å². The van der Waals surface area contributed by atoms with Crippen molar-refractivity contribution in [2.45, 2.75) is 10.2 Å². The van der Waals surface area contributed by atoms with Gasteiger partial charge in [-0.2, -0.15) is 0 Å². The van der Waals surface area contributed by atoms with Gasteiger partial charge >= 0.3 is 0 Å². The molecule has 0 heterocycles. The van der Waals surface area contributed by atoms with Crippen molar-refractivity contribution in [2.75, 3.05) is 0 Å². The van der Waals surface area contributed by atoms with Gasteiger partial charge in [0.1, 0.15) is 0 Å². The highest BCUT2D eigenvalue weighted by molar-refractivity contribution is 9.14. The van der Waals surface area contributed by atoms with E-state index in [2.05, 4.69) is 112 Å². The molecule has 4 aromatic carbocycles. The quantitative estimate of drug-likeness (QED) is 0.109. The lowest BCUT2D eigenvalue weighted by atomic mass is 9.62. The Balaban J connectivity index is 2.09. The summed E-state index contributed by atoms with van der Waals surface area (Å²) >= 11 is 74.6. The Bertz CT molecular complexity index is 1940. The number of hydrogen-bond donors (Lipinski definition) is 0. The fraction of sp³-hybridized carbons (Fsp3) is 0.0667. The lowest BCUT2D eigenvalue weighted by Crippen LogP contribution is -2.42. The molecule has 44 heavy (non-hydrogen) atoms. The summed E-state index contributed by atoms with van der Waals surface area (Å²) in [4.78, 5) is -0.557. The molecule has 0 aliphatic heterocycles. The van der Waals surface area contributed by atoms with E-state index in [-0.39, 0.29) is 0 Å². The maximum atomic E-state index is 7.67. The lowest BCUT2D eigenvalue weighted by molar-refractivity contribution is 0.683. The predicted molar refractivity (Wildman–Crippen MR) is 216 cm³/mol. The van der Waals surface area contributed by atoms with Gasteiger partial charge in [0.2, 0.25) is 0 Å². The maximum absolute atomic E-state index is 7.67. The summed E-state index contributed by atoms with van der Waals surface area (Å²) in [5, 5.41) is 2.84. The van der Waals surface area contributed by atoms with E-state index >= 15 is 0 Å². The summed E-state index contributed by atoms with van der Waals surface area (Å²) in [6, 6.07) is 16.5. The highest BCUT2D eigenvalue weighted by Crippen LogP contribution is 2.64. The van der Waals surface area contributed by atoms with Crippen molar-refractivity contribution in [3.63, 3.8) is 0 Å². The SMILES string of the molecule is ClC1=C(c2ccc(Cl)c(Cl)c2Br)C(c2ccc(Cl)cc2Cl)(c2cc(Br)cc(Cl)c2Br)C(Br)C(Br)=C1c1cc(Br)cc(Br)c1Cl. The summed E-state index contributed by atoms with van der Waals surface area (Å²) in [5.41, 5.74) is 2.86. The molecular weight excluding hydrogens is 1170 g/mol. The molecule has 0 aromatic heterocycles. The normalized spacial score (nSPS) is 18.8. The van der Waals surface area contributed by atoms with Crippen molar-refractivity contribution in [1.82, 2.24) is 0 Å². The van der Waals surface area contributed by atoms with E-state index < -0.39 is 10.2 Å². The monoisotopic (exact) mass is 1170 g/mol. The zero-order valence-corrected chi connectivity index (χ0v) is 37.5. The van der Waals surface area contributed by atoms with Gasteiger partial charge in [-0.15, -0.1) is 0 Å². The first-order valence-electron chi connectivity index (χ1n) is 12.0. The lowest BCUT2D eigenvalue weighted by Gasteiger charge is -2.47. The number of alkyl halides is 1. The molecule has 0 saturated heterocycles. The second kappa shape index (κ2) is 14.5. The van der Waals surface area contributed by atoms with Crippen LogP contribution in [-0.4, -0.2) is 4.83 Å². The Kier molecular flexibility index (Phi) is 12.2. The number of hydrogen-bond acceptors (Lipinski definition) is 0. The summed E-state index contributed by atoms with van der Waals surface area (Å²) in [6.45, 7) is 0. The fourth-order valence-electron chi connectivity index (χ4n) is 5.22. The molecule has 5 rings (SSSR count). The smallest absolute Gasteiger partial charge is 0.0740 e. The van der Waals surface area contributed by atoms with Gasteiger partial charge in [0.25, 0.3) is 0 Å². The third-order valence-corrected chi connectivity index (χ3v) is 16.0. The Hall–Kier alpha value is 1.75. The Morgan fingerprint density at radius 2 is 1.23 bits per heavy atom. The number of rotatable bonds is 4. The summed E-state index contributed by atoms with van der Waals surface area (Å²) in [7, 11) is 0. The van der Waals surface area contributed by atoms with Gasteiger partial charge in [-0.05, 0) is 113 Å². The van der Waals surface area contributed by atoms with Crippen LogP contribution in [0.2, 0.25) is 30.1 Å². The van der Waals surface area contributed by atoms with Gasteiger partial charge in [-0.3, -0.25) is 0 Å². The van der Waals surface area contributed by atoms with Crippen LogP contribution in [0, 0.1) is 0 Å². The van der Waals surface area contributed by atoms with Gasteiger partial charge in [0, 0.05) is 48.0 Å². The minimum Gasteiger partial charge on any atom is -0.0843 e. The molecule has 1 aliphatic rings. The zero-order chi connectivity index (χ0) is 32.4. The van der Waals surface area contributed by atoms with Crippen molar-refractivity contribution >= 4 is 204 Å². The van der Waals surface area contributed by atoms with E-state index in [9.17, 15) is 0 Å². The molecule has 0 bridgehead atoms. The van der Waals surface area contributed by atoms with Crippen LogP contribution in [0.4, 0.5) is 0 Å². The molecule has 0 amide bonds. The number of halogens is 14. The van der Waals surface area contributed by atoms with E-state index in [4.69, 9.17) is 81.2 Å². The fourth-order valence-corrected chi connectivity index (χ4v) is 11.8. The first kappa shape index (κ1) is 37.0. The molecule has 14 heteroatoms. The van der Waals surface area contributed by atoms with Gasteiger partial charge < -0.3 is 0 Å². The number of benzene rings is 4. The Labute approximate surface area is 348 Å². The second-order valence-corrected chi connectivity index (χ2v) is 18.3. The van der Waals surface area contributed by atoms with E-state index in [1.807, 2.05) is 30.3 Å². The first-order valence-corrected chi connectivity index (χ1v) is 20.3. The third-order valence-electron chi connectivity index (χ3n) is 7.02. The minimum absolute atomic E-state index is 0.313. The van der Waals surface area contributed by atoms with E-state index in [1.165, 1.54) is 0 Å². The van der Waals surface area contributed by atoms with Crippen molar-refractivity contribution in [3.8, 4) is 0 Å². The molecule has 2 unspecified atom stereocenters. The van der Waals surface area contributed by atoms with Crippen molar-refractivity contribution in [1.29, 1.82) is 0 Å². The molecule has 0 saturated carbocycles. The standard InChI is InChI=1S/C30H10Br7Cl7/c31-10-5-14(26(42)17(33)7-10)21-25(36)29(37)30(15-3-1-12(38)9-19(15)40,16-6-11(32)8-20(41)24(16)35)22(28(21)44)13-2-4-18(39)27(43)23(13)34/h1-9,29H. The molecular formula is C30H10Br7Cl7. The van der Waals surface area contributed by atoms with Crippen LogP contribution >= 0.6 is 193 Å². The zero-order valence-electron chi connectivity index (χ0n) is 21.1. The van der Waals surface area contributed by atoms with Gasteiger partial charge in [0.05, 0.1) is 35.4 Å². The molecule has 0 spiro atoms. The average molecular weight is 1180 g/mol. The van der Waals surface area contributed by atoms with E-state index in [1.54, 1.807) is 24.3 Å². The van der Waals surface area contributed by atoms with Crippen LogP contribution < -0.4 is 0 Å². The predicted octanol–water partition coefficient (Wildman–Crippen LogP) is 16.9. The summed E-state index contributed by atoms with van der Waals surface area (Å²) in [6.07, 6.45) is 0. The van der Waals surface area contributed by atoms with E-state index in [0.717, 1.165) is 14.5 Å². The van der Waals surface area contributed by atoms with Crippen LogP contribution in [0.5, 0.6) is 0 Å². The molecule has 228 valence electrons. The maximum Gasteiger partial charge on any atom is 0.0740 e. The first-order chi connectivity index (χ1) is 20.6. The number of allylic oxidation sites excluding steroid dienone is 4. The van der Waals surface area contributed by atoms with E-state index in [0.29, 0.717) is 80.9 Å². The topological polar surface area (TPSA) is 0 Å². The molecule has 2 atom stereocenters. The summed E-state index contributed by atoms with van der Waals surface area (Å²) in [5.74, 6) is 0. The van der Waals surface area contributed by atoms with Crippen LogP contribution in [0.3, 0.4) is 0 Å². The second-order valence-electron chi connectivity index (χ2n) is 9.43. The molecule has 1 aliphatic carbocycles. The third kappa shape index (κ3) is 6.40. The average Bonchev–Trinajstić information content (AvgIpc) is 2.95. The summed E-state index contributed by atoms with van der Waals surface area (Å²) < 4.78 is 4.07. The van der Waals surface area contributed by atoms with Crippen LogP contribution in [0.1, 0.15) is 22.3 Å². The van der Waals surface area contributed by atoms with Crippen LogP contribution in [0.25, 0.3) is 11.1 Å². The van der Waals surface area contributed by atoms with Crippen molar-refractivity contribution < 1.29 is 0 Å². The molecule has 4 aromatic rings. The molecule has 0 N–H and O–H groups in total. The Morgan fingerprint density at radius 1 is 0.568 bits per heavy atom.